The maximum absolute atomic E-state index is 11.6. The molecule has 0 radical (unpaired) electrons. The lowest BCUT2D eigenvalue weighted by molar-refractivity contribution is -0.344. The fourth-order valence-corrected chi connectivity index (χ4v) is 5.98. The molecule has 2 aromatic carbocycles. The molecule has 0 atom stereocenters. The molecule has 0 saturated carbocycles. The molecule has 0 aromatic heterocycles. The van der Waals surface area contributed by atoms with E-state index < -0.39 is 0 Å². The van der Waals surface area contributed by atoms with E-state index in [2.05, 4.69) is 75.4 Å². The summed E-state index contributed by atoms with van der Waals surface area (Å²) >= 11 is 0. The first-order valence-electron chi connectivity index (χ1n) is 16.8. The fraction of sp³-hybridized carbons (Fsp3) is 0.579. The van der Waals surface area contributed by atoms with E-state index in [0.717, 1.165) is 48.2 Å². The lowest BCUT2D eigenvalue weighted by Crippen LogP contribution is -2.03. The molecule has 2 heteroatoms. The van der Waals surface area contributed by atoms with Crippen LogP contribution in [0.3, 0.4) is 0 Å². The van der Waals surface area contributed by atoms with Crippen molar-refractivity contribution in [1.82, 2.24) is 0 Å². The van der Waals surface area contributed by atoms with Crippen LogP contribution in [0.4, 0.5) is 0 Å². The van der Waals surface area contributed by atoms with Gasteiger partial charge in [0.05, 0.1) is 0 Å². The molecule has 0 saturated heterocycles. The first kappa shape index (κ1) is 32.0. The summed E-state index contributed by atoms with van der Waals surface area (Å²) < 4.78 is 1.48. The van der Waals surface area contributed by atoms with Crippen molar-refractivity contribution in [3.05, 3.63) is 88.0 Å². The highest BCUT2D eigenvalue weighted by Gasteiger charge is 2.28. The molecule has 0 unspecified atom stereocenters. The summed E-state index contributed by atoms with van der Waals surface area (Å²) in [6.45, 7) is 6.81. The molecule has 0 bridgehead atoms. The molecule has 2 nitrogen and oxygen atoms in total. The van der Waals surface area contributed by atoms with Gasteiger partial charge < -0.3 is 5.53 Å². The van der Waals surface area contributed by atoms with Crippen molar-refractivity contribution in [3.63, 3.8) is 0 Å². The number of unbranched alkanes of at least 4 members (excludes halogenated alkanes) is 13. The van der Waals surface area contributed by atoms with Crippen LogP contribution in [0.2, 0.25) is 0 Å². The summed E-state index contributed by atoms with van der Waals surface area (Å²) in [4.78, 5) is 0. The van der Waals surface area contributed by atoms with Crippen molar-refractivity contribution in [2.75, 3.05) is 0 Å². The molecule has 40 heavy (non-hydrogen) atoms. The number of hydrogen-bond donors (Lipinski definition) is 0. The predicted molar refractivity (Wildman–Crippen MR) is 174 cm³/mol. The lowest BCUT2D eigenvalue weighted by Gasteiger charge is -2.12. The standard InChI is InChI=1S/C38H56N2/c1-4-7-10-12-14-16-19-23-33-25-21-28-35(30-33)38-36(26-17-9-6-3)31-37(40(38)39)34-27-20-24-32(29-34)22-18-15-13-11-8-5-2/h20-21,24-25,27-31H,4-19,22-23,26H2,1-3H3. The van der Waals surface area contributed by atoms with Gasteiger partial charge in [0, 0.05) is 22.8 Å². The van der Waals surface area contributed by atoms with Crippen LogP contribution in [0, 0.1) is 0 Å². The quantitative estimate of drug-likeness (QED) is 0.111. The number of nitrogens with zero attached hydrogens (tertiary/aromatic N) is 2. The highest BCUT2D eigenvalue weighted by molar-refractivity contribution is 5.78. The van der Waals surface area contributed by atoms with Gasteiger partial charge in [-0.25, -0.2) is 4.70 Å². The number of benzene rings is 2. The van der Waals surface area contributed by atoms with Crippen molar-refractivity contribution >= 4 is 11.4 Å². The van der Waals surface area contributed by atoms with Crippen LogP contribution in [0.15, 0.2) is 60.2 Å². The third kappa shape index (κ3) is 10.5. The maximum Gasteiger partial charge on any atom is 0.210 e. The van der Waals surface area contributed by atoms with Gasteiger partial charge in [0.25, 0.3) is 0 Å². The average molecular weight is 541 g/mol. The van der Waals surface area contributed by atoms with E-state index in [9.17, 15) is 5.53 Å². The van der Waals surface area contributed by atoms with Gasteiger partial charge in [0.1, 0.15) is 0 Å². The molecule has 3 rings (SSSR count). The van der Waals surface area contributed by atoms with Gasteiger partial charge in [-0.15, -0.1) is 0 Å². The molecule has 0 N–H and O–H groups in total. The lowest BCUT2D eigenvalue weighted by atomic mass is 9.98. The maximum atomic E-state index is 11.6. The summed E-state index contributed by atoms with van der Waals surface area (Å²) in [6.07, 6.45) is 26.3. The molecule has 0 fully saturated rings. The smallest absolute Gasteiger partial charge is 0.210 e. The summed E-state index contributed by atoms with van der Waals surface area (Å²) in [5.74, 6) is 0. The van der Waals surface area contributed by atoms with Gasteiger partial charge in [-0.3, -0.25) is 0 Å². The Balaban J connectivity index is 1.69. The number of rotatable bonds is 21. The minimum atomic E-state index is 0.920. The average Bonchev–Trinajstić information content (AvgIpc) is 3.30. The van der Waals surface area contributed by atoms with Gasteiger partial charge in [-0.2, -0.15) is 0 Å². The van der Waals surface area contributed by atoms with E-state index in [1.165, 1.54) is 118 Å². The zero-order valence-electron chi connectivity index (χ0n) is 26.0. The molecule has 0 aliphatic carbocycles. The molecule has 0 spiro atoms. The summed E-state index contributed by atoms with van der Waals surface area (Å²) in [5.41, 5.74) is 19.8. The van der Waals surface area contributed by atoms with E-state index >= 15 is 0 Å². The highest BCUT2D eigenvalue weighted by Crippen LogP contribution is 2.38. The zero-order chi connectivity index (χ0) is 28.4. The Morgan fingerprint density at radius 1 is 0.525 bits per heavy atom. The van der Waals surface area contributed by atoms with Crippen molar-refractivity contribution in [2.45, 2.75) is 143 Å². The first-order valence-corrected chi connectivity index (χ1v) is 16.8. The van der Waals surface area contributed by atoms with Gasteiger partial charge in [0.15, 0.2) is 0 Å². The summed E-state index contributed by atoms with van der Waals surface area (Å²) in [7, 11) is 0. The van der Waals surface area contributed by atoms with Gasteiger partial charge >= 0.3 is 0 Å². The van der Waals surface area contributed by atoms with Crippen LogP contribution < -0.4 is 0 Å². The molecule has 218 valence electrons. The first-order chi connectivity index (χ1) is 19.7. The SMILES string of the molecule is CCCCCCCCCc1cccc(C2=C(CCCCC)C=C(c3cccc(CCCCCCCC)c3)[N+]2=[N-])c1. The number of hydrogen-bond acceptors (Lipinski definition) is 0. The molecule has 0 amide bonds. The van der Waals surface area contributed by atoms with Crippen LogP contribution in [-0.2, 0) is 12.8 Å². The van der Waals surface area contributed by atoms with E-state index in [4.69, 9.17) is 0 Å². The Kier molecular flexibility index (Phi) is 15.1. The largest absolute Gasteiger partial charge is 0.493 e. The highest BCUT2D eigenvalue weighted by atomic mass is 15.2. The van der Waals surface area contributed by atoms with E-state index in [0.29, 0.717) is 0 Å². The van der Waals surface area contributed by atoms with E-state index in [1.54, 1.807) is 0 Å². The Labute approximate surface area is 246 Å². The number of allylic oxidation sites excluding steroid dienone is 2. The molecule has 1 aliphatic rings. The van der Waals surface area contributed by atoms with Crippen LogP contribution in [0.5, 0.6) is 0 Å². The number of aryl methyl sites for hydroxylation is 2. The third-order valence-electron chi connectivity index (χ3n) is 8.42. The topological polar surface area (TPSA) is 25.3 Å². The van der Waals surface area contributed by atoms with Gasteiger partial charge in [0.2, 0.25) is 11.4 Å². The second-order valence-electron chi connectivity index (χ2n) is 12.0. The minimum absolute atomic E-state index is 0.920. The Hall–Kier alpha value is -2.48. The third-order valence-corrected chi connectivity index (χ3v) is 8.42. The second-order valence-corrected chi connectivity index (χ2v) is 12.0. The summed E-state index contributed by atoms with van der Waals surface area (Å²) in [6, 6.07) is 17.8. The Bertz CT molecular complexity index is 1090. The monoisotopic (exact) mass is 540 g/mol. The van der Waals surface area contributed by atoms with Gasteiger partial charge in [-0.1, -0.05) is 129 Å². The molecule has 2 aromatic rings. The van der Waals surface area contributed by atoms with Gasteiger partial charge in [-0.05, 0) is 73.9 Å². The normalized spacial score (nSPS) is 13.4. The fourth-order valence-electron chi connectivity index (χ4n) is 5.98. The summed E-state index contributed by atoms with van der Waals surface area (Å²) in [5, 5.41) is 0. The minimum Gasteiger partial charge on any atom is -0.493 e. The van der Waals surface area contributed by atoms with Crippen LogP contribution in [-0.4, -0.2) is 4.70 Å². The zero-order valence-corrected chi connectivity index (χ0v) is 26.0. The van der Waals surface area contributed by atoms with Crippen LogP contribution in [0.1, 0.15) is 152 Å². The second kappa shape index (κ2) is 18.8. The van der Waals surface area contributed by atoms with Crippen LogP contribution >= 0.6 is 0 Å². The van der Waals surface area contributed by atoms with Crippen molar-refractivity contribution in [3.8, 4) is 0 Å². The van der Waals surface area contributed by atoms with Crippen LogP contribution in [0.25, 0.3) is 16.9 Å². The molecule has 1 aliphatic heterocycles. The Morgan fingerprint density at radius 2 is 0.975 bits per heavy atom. The predicted octanol–water partition coefficient (Wildman–Crippen LogP) is 12.3. The van der Waals surface area contributed by atoms with Crippen molar-refractivity contribution in [2.24, 2.45) is 0 Å². The van der Waals surface area contributed by atoms with Crippen molar-refractivity contribution < 1.29 is 4.70 Å². The molecule has 1 heterocycles. The van der Waals surface area contributed by atoms with Crippen molar-refractivity contribution in [1.29, 1.82) is 0 Å². The van der Waals surface area contributed by atoms with E-state index in [1.807, 2.05) is 0 Å². The molecular formula is C38H56N2. The Morgan fingerprint density at radius 3 is 1.55 bits per heavy atom. The van der Waals surface area contributed by atoms with E-state index in [-0.39, 0.29) is 0 Å². The molecular weight excluding hydrogens is 484 g/mol.